The highest BCUT2D eigenvalue weighted by Crippen LogP contribution is 2.38. The van der Waals surface area contributed by atoms with Gasteiger partial charge in [0.25, 0.3) is 0 Å². The Kier molecular flexibility index (Phi) is 7.18. The average molecular weight is 397 g/mol. The van der Waals surface area contributed by atoms with E-state index >= 15 is 0 Å². The molecule has 2 aromatic carbocycles. The minimum atomic E-state index is -0.509. The van der Waals surface area contributed by atoms with E-state index in [9.17, 15) is 4.79 Å². The second-order valence-electron chi connectivity index (χ2n) is 5.14. The summed E-state index contributed by atoms with van der Waals surface area (Å²) in [5.74, 6) is 0.940. The standard InChI is InChI=1S/C19H18Cl2O5/c1-23-16-8-12(9-17(24-2)19(16)25-3)11-26-18(22)7-5-13-4-6-14(20)10-15(13)21/h4-10H,11H2,1-3H3/b7-5+. The number of esters is 1. The maximum atomic E-state index is 11.9. The lowest BCUT2D eigenvalue weighted by Gasteiger charge is -2.14. The molecule has 0 atom stereocenters. The van der Waals surface area contributed by atoms with Crippen LogP contribution < -0.4 is 14.2 Å². The third kappa shape index (κ3) is 5.07. The van der Waals surface area contributed by atoms with Gasteiger partial charge in [0.1, 0.15) is 6.61 Å². The van der Waals surface area contributed by atoms with Gasteiger partial charge in [-0.1, -0.05) is 29.3 Å². The number of carbonyl (C=O) groups excluding carboxylic acids is 1. The molecule has 0 amide bonds. The summed E-state index contributed by atoms with van der Waals surface area (Å²) in [5.41, 5.74) is 1.37. The number of carbonyl (C=O) groups is 1. The Bertz CT molecular complexity index is 793. The van der Waals surface area contributed by atoms with Crippen LogP contribution in [0.3, 0.4) is 0 Å². The minimum Gasteiger partial charge on any atom is -0.493 e. The number of ether oxygens (including phenoxy) is 4. The molecule has 0 heterocycles. The summed E-state index contributed by atoms with van der Waals surface area (Å²) in [6.45, 7) is 0.0498. The zero-order valence-corrected chi connectivity index (χ0v) is 16.1. The number of halogens is 2. The lowest BCUT2D eigenvalue weighted by Crippen LogP contribution is -2.02. The number of benzene rings is 2. The summed E-state index contributed by atoms with van der Waals surface area (Å²) in [7, 11) is 4.56. The van der Waals surface area contributed by atoms with Crippen LogP contribution in [0.5, 0.6) is 17.2 Å². The van der Waals surface area contributed by atoms with Crippen molar-refractivity contribution in [3.05, 3.63) is 57.6 Å². The van der Waals surface area contributed by atoms with Gasteiger partial charge in [-0.05, 0) is 41.5 Å². The van der Waals surface area contributed by atoms with Gasteiger partial charge < -0.3 is 18.9 Å². The molecular formula is C19H18Cl2O5. The molecule has 0 spiro atoms. The Morgan fingerprint density at radius 2 is 1.65 bits per heavy atom. The van der Waals surface area contributed by atoms with Gasteiger partial charge in [0.15, 0.2) is 11.5 Å². The van der Waals surface area contributed by atoms with Crippen molar-refractivity contribution in [2.45, 2.75) is 6.61 Å². The quantitative estimate of drug-likeness (QED) is 0.497. The topological polar surface area (TPSA) is 54.0 Å². The maximum Gasteiger partial charge on any atom is 0.331 e. The maximum absolute atomic E-state index is 11.9. The summed E-state index contributed by atoms with van der Waals surface area (Å²) < 4.78 is 21.0. The van der Waals surface area contributed by atoms with E-state index in [4.69, 9.17) is 42.1 Å². The smallest absolute Gasteiger partial charge is 0.331 e. The first-order chi connectivity index (χ1) is 12.5. The van der Waals surface area contributed by atoms with Crippen molar-refractivity contribution >= 4 is 35.2 Å². The number of methoxy groups -OCH3 is 3. The Morgan fingerprint density at radius 1 is 1.00 bits per heavy atom. The second kappa shape index (κ2) is 9.36. The molecule has 0 aromatic heterocycles. The van der Waals surface area contributed by atoms with E-state index in [0.29, 0.717) is 38.4 Å². The third-order valence-electron chi connectivity index (χ3n) is 3.47. The fourth-order valence-electron chi connectivity index (χ4n) is 2.22. The molecule has 0 unspecified atom stereocenters. The van der Waals surface area contributed by atoms with Crippen molar-refractivity contribution in [2.75, 3.05) is 21.3 Å². The van der Waals surface area contributed by atoms with E-state index in [1.807, 2.05) is 0 Å². The van der Waals surface area contributed by atoms with Crippen LogP contribution >= 0.6 is 23.2 Å². The van der Waals surface area contributed by atoms with Crippen LogP contribution in [0.1, 0.15) is 11.1 Å². The zero-order valence-electron chi connectivity index (χ0n) is 14.5. The SMILES string of the molecule is COc1cc(COC(=O)/C=C/c2ccc(Cl)cc2Cl)cc(OC)c1OC. The fraction of sp³-hybridized carbons (Fsp3) is 0.211. The Labute approximate surface area is 162 Å². The Balaban J connectivity index is 2.06. The first-order valence-electron chi connectivity index (χ1n) is 7.57. The number of rotatable bonds is 7. The molecule has 0 saturated carbocycles. The molecule has 138 valence electrons. The van der Waals surface area contributed by atoms with Crippen LogP contribution in [0, 0.1) is 0 Å². The molecule has 7 heteroatoms. The molecule has 0 bridgehead atoms. The second-order valence-corrected chi connectivity index (χ2v) is 5.98. The average Bonchev–Trinajstić information content (AvgIpc) is 2.64. The van der Waals surface area contributed by atoms with Crippen molar-refractivity contribution in [3.63, 3.8) is 0 Å². The summed E-state index contributed by atoms with van der Waals surface area (Å²) in [4.78, 5) is 11.9. The molecule has 0 saturated heterocycles. The van der Waals surface area contributed by atoms with Crippen LogP contribution in [0.2, 0.25) is 10.0 Å². The van der Waals surface area contributed by atoms with Gasteiger partial charge in [-0.15, -0.1) is 0 Å². The molecule has 0 aliphatic rings. The van der Waals surface area contributed by atoms with Crippen molar-refractivity contribution < 1.29 is 23.7 Å². The van der Waals surface area contributed by atoms with Crippen LogP contribution in [0.15, 0.2) is 36.4 Å². The molecule has 0 N–H and O–H groups in total. The third-order valence-corrected chi connectivity index (χ3v) is 4.03. The van der Waals surface area contributed by atoms with Crippen LogP contribution in [-0.4, -0.2) is 27.3 Å². The molecule has 0 radical (unpaired) electrons. The molecule has 5 nitrogen and oxygen atoms in total. The van der Waals surface area contributed by atoms with E-state index < -0.39 is 5.97 Å². The van der Waals surface area contributed by atoms with Crippen molar-refractivity contribution in [1.29, 1.82) is 0 Å². The Hall–Kier alpha value is -2.37. The first-order valence-corrected chi connectivity index (χ1v) is 8.32. The highest BCUT2D eigenvalue weighted by atomic mass is 35.5. The van der Waals surface area contributed by atoms with E-state index in [-0.39, 0.29) is 6.61 Å². The van der Waals surface area contributed by atoms with Gasteiger partial charge in [0.2, 0.25) is 5.75 Å². The lowest BCUT2D eigenvalue weighted by molar-refractivity contribution is -0.138. The van der Waals surface area contributed by atoms with Gasteiger partial charge in [-0.3, -0.25) is 0 Å². The largest absolute Gasteiger partial charge is 0.493 e. The van der Waals surface area contributed by atoms with E-state index in [0.717, 1.165) is 0 Å². The van der Waals surface area contributed by atoms with Gasteiger partial charge in [0.05, 0.1) is 21.3 Å². The summed E-state index contributed by atoms with van der Waals surface area (Å²) in [5, 5.41) is 0.975. The fourth-order valence-corrected chi connectivity index (χ4v) is 2.69. The highest BCUT2D eigenvalue weighted by molar-refractivity contribution is 6.35. The monoisotopic (exact) mass is 396 g/mol. The van der Waals surface area contributed by atoms with E-state index in [1.165, 1.54) is 27.4 Å². The summed E-state index contributed by atoms with van der Waals surface area (Å²) >= 11 is 11.9. The molecule has 0 aliphatic heterocycles. The lowest BCUT2D eigenvalue weighted by atomic mass is 10.2. The number of hydrogen-bond donors (Lipinski definition) is 0. The molecule has 26 heavy (non-hydrogen) atoms. The minimum absolute atomic E-state index is 0.0498. The normalized spacial score (nSPS) is 10.7. The van der Waals surface area contributed by atoms with Gasteiger partial charge >= 0.3 is 5.97 Å². The first kappa shape index (κ1) is 19.9. The van der Waals surface area contributed by atoms with Crippen molar-refractivity contribution in [1.82, 2.24) is 0 Å². The van der Waals surface area contributed by atoms with E-state index in [2.05, 4.69) is 0 Å². The van der Waals surface area contributed by atoms with Gasteiger partial charge in [-0.2, -0.15) is 0 Å². The zero-order chi connectivity index (χ0) is 19.1. The van der Waals surface area contributed by atoms with Crippen molar-refractivity contribution in [3.8, 4) is 17.2 Å². The predicted molar refractivity (Wildman–Crippen MR) is 101 cm³/mol. The summed E-state index contributed by atoms with van der Waals surface area (Å²) in [6, 6.07) is 8.44. The van der Waals surface area contributed by atoms with Crippen LogP contribution in [-0.2, 0) is 16.1 Å². The molecule has 0 aliphatic carbocycles. The highest BCUT2D eigenvalue weighted by Gasteiger charge is 2.13. The van der Waals surface area contributed by atoms with Crippen molar-refractivity contribution in [2.24, 2.45) is 0 Å². The van der Waals surface area contributed by atoms with E-state index in [1.54, 1.807) is 36.4 Å². The van der Waals surface area contributed by atoms with Gasteiger partial charge in [0, 0.05) is 16.1 Å². The molecule has 2 aromatic rings. The van der Waals surface area contributed by atoms with Crippen LogP contribution in [0.25, 0.3) is 6.08 Å². The van der Waals surface area contributed by atoms with Crippen LogP contribution in [0.4, 0.5) is 0 Å². The molecule has 0 fully saturated rings. The predicted octanol–water partition coefficient (Wildman–Crippen LogP) is 4.78. The summed E-state index contributed by atoms with van der Waals surface area (Å²) in [6.07, 6.45) is 2.86. The number of hydrogen-bond acceptors (Lipinski definition) is 5. The van der Waals surface area contributed by atoms with Gasteiger partial charge in [-0.25, -0.2) is 4.79 Å². The molecule has 2 rings (SSSR count). The Morgan fingerprint density at radius 3 is 2.19 bits per heavy atom. The molecular weight excluding hydrogens is 379 g/mol.